The number of fused-ring (bicyclic) bond motifs is 2. The molecule has 0 N–H and O–H groups in total. The third kappa shape index (κ3) is 2.96. The summed E-state index contributed by atoms with van der Waals surface area (Å²) >= 11 is 2.83. The van der Waals surface area contributed by atoms with E-state index in [1.165, 1.54) is 27.8 Å². The van der Waals surface area contributed by atoms with Crippen molar-refractivity contribution < 1.29 is 0 Å². The van der Waals surface area contributed by atoms with Crippen molar-refractivity contribution in [3.05, 3.63) is 55.4 Å². The standard InChI is InChI=1S/C18H17N5O2S2/c1-4-22-17(25)14-10(2)11(3)27-15(14)19-18(22)26-9-23-16(24)12-7-5-6-8-13(12)20-21-23/h5-8H,4,9H2,1-3H3. The zero-order chi connectivity index (χ0) is 19.1. The third-order valence-electron chi connectivity index (χ3n) is 4.52. The van der Waals surface area contributed by atoms with Gasteiger partial charge in [0, 0.05) is 11.4 Å². The third-order valence-corrected chi connectivity index (χ3v) is 6.56. The fourth-order valence-electron chi connectivity index (χ4n) is 2.92. The maximum absolute atomic E-state index is 12.9. The summed E-state index contributed by atoms with van der Waals surface area (Å²) in [6, 6.07) is 7.11. The monoisotopic (exact) mass is 399 g/mol. The summed E-state index contributed by atoms with van der Waals surface area (Å²) in [5.41, 5.74) is 1.31. The fourth-order valence-corrected chi connectivity index (χ4v) is 4.93. The lowest BCUT2D eigenvalue weighted by atomic mass is 10.2. The summed E-state index contributed by atoms with van der Waals surface area (Å²) in [6.07, 6.45) is 0. The van der Waals surface area contributed by atoms with Crippen LogP contribution in [0.25, 0.3) is 21.1 Å². The Hall–Kier alpha value is -2.52. The van der Waals surface area contributed by atoms with Crippen LogP contribution in [0.1, 0.15) is 17.4 Å². The summed E-state index contributed by atoms with van der Waals surface area (Å²) in [5.74, 6) is 0.234. The molecule has 1 aromatic carbocycles. The van der Waals surface area contributed by atoms with E-state index in [1.807, 2.05) is 26.8 Å². The highest BCUT2D eigenvalue weighted by Crippen LogP contribution is 2.28. The molecule has 27 heavy (non-hydrogen) atoms. The first-order valence-corrected chi connectivity index (χ1v) is 10.3. The van der Waals surface area contributed by atoms with Crippen molar-refractivity contribution in [2.45, 2.75) is 38.3 Å². The number of aromatic nitrogens is 5. The first-order valence-electron chi connectivity index (χ1n) is 8.47. The van der Waals surface area contributed by atoms with Gasteiger partial charge in [0.15, 0.2) is 5.16 Å². The smallest absolute Gasteiger partial charge is 0.278 e. The zero-order valence-electron chi connectivity index (χ0n) is 15.1. The Morgan fingerprint density at radius 3 is 2.70 bits per heavy atom. The maximum Gasteiger partial charge on any atom is 0.278 e. The van der Waals surface area contributed by atoms with Gasteiger partial charge in [0.2, 0.25) is 0 Å². The summed E-state index contributed by atoms with van der Waals surface area (Å²) < 4.78 is 2.94. The Morgan fingerprint density at radius 1 is 1.15 bits per heavy atom. The molecular formula is C18H17N5O2S2. The van der Waals surface area contributed by atoms with Crippen LogP contribution in [0.5, 0.6) is 0 Å². The highest BCUT2D eigenvalue weighted by molar-refractivity contribution is 7.98. The molecule has 9 heteroatoms. The average molecular weight is 400 g/mol. The molecule has 138 valence electrons. The van der Waals surface area contributed by atoms with Crippen molar-refractivity contribution in [1.82, 2.24) is 24.5 Å². The summed E-state index contributed by atoms with van der Waals surface area (Å²) in [4.78, 5) is 32.0. The molecule has 0 unspecified atom stereocenters. The lowest BCUT2D eigenvalue weighted by Gasteiger charge is -2.10. The summed E-state index contributed by atoms with van der Waals surface area (Å²) in [5, 5.41) is 9.88. The van der Waals surface area contributed by atoms with Crippen molar-refractivity contribution >= 4 is 44.2 Å². The topological polar surface area (TPSA) is 82.7 Å². The Kier molecular flexibility index (Phi) is 4.56. The van der Waals surface area contributed by atoms with Gasteiger partial charge in [0.25, 0.3) is 11.1 Å². The van der Waals surface area contributed by atoms with Gasteiger partial charge in [-0.25, -0.2) is 4.98 Å². The molecule has 0 saturated carbocycles. The Bertz CT molecular complexity index is 1290. The average Bonchev–Trinajstić information content (AvgIpc) is 2.95. The predicted molar refractivity (Wildman–Crippen MR) is 109 cm³/mol. The highest BCUT2D eigenvalue weighted by Gasteiger charge is 2.16. The van der Waals surface area contributed by atoms with Crippen molar-refractivity contribution in [1.29, 1.82) is 0 Å². The van der Waals surface area contributed by atoms with E-state index >= 15 is 0 Å². The van der Waals surface area contributed by atoms with Gasteiger partial charge < -0.3 is 0 Å². The highest BCUT2D eigenvalue weighted by atomic mass is 32.2. The van der Waals surface area contributed by atoms with Crippen LogP contribution in [-0.4, -0.2) is 24.5 Å². The molecule has 0 bridgehead atoms. The molecule has 0 fully saturated rings. The van der Waals surface area contributed by atoms with E-state index in [1.54, 1.807) is 22.8 Å². The van der Waals surface area contributed by atoms with Gasteiger partial charge in [-0.3, -0.25) is 14.2 Å². The second-order valence-corrected chi connectivity index (χ2v) is 8.21. The second kappa shape index (κ2) is 6.90. The minimum absolute atomic E-state index is 0.0382. The molecule has 3 aromatic heterocycles. The van der Waals surface area contributed by atoms with E-state index in [0.29, 0.717) is 28.0 Å². The minimum atomic E-state index is -0.206. The first kappa shape index (κ1) is 17.9. The van der Waals surface area contributed by atoms with E-state index in [9.17, 15) is 9.59 Å². The number of rotatable bonds is 4. The molecule has 0 spiro atoms. The molecule has 7 nitrogen and oxygen atoms in total. The van der Waals surface area contributed by atoms with Crippen LogP contribution < -0.4 is 11.1 Å². The van der Waals surface area contributed by atoms with Crippen LogP contribution in [0.3, 0.4) is 0 Å². The molecular weight excluding hydrogens is 382 g/mol. The molecule has 0 aliphatic heterocycles. The van der Waals surface area contributed by atoms with Gasteiger partial charge >= 0.3 is 0 Å². The zero-order valence-corrected chi connectivity index (χ0v) is 16.7. The molecule has 0 aliphatic carbocycles. The Balaban J connectivity index is 1.75. The Labute approximate surface area is 162 Å². The predicted octanol–water partition coefficient (Wildman–Crippen LogP) is 2.95. The summed E-state index contributed by atoms with van der Waals surface area (Å²) in [7, 11) is 0. The van der Waals surface area contributed by atoms with Crippen LogP contribution in [0, 0.1) is 13.8 Å². The normalized spacial score (nSPS) is 11.5. The van der Waals surface area contributed by atoms with E-state index in [0.717, 1.165) is 15.3 Å². The SMILES string of the molecule is CCn1c(SCn2nnc3ccccc3c2=O)nc2sc(C)c(C)c2c1=O. The van der Waals surface area contributed by atoms with Gasteiger partial charge in [0.1, 0.15) is 10.3 Å². The maximum atomic E-state index is 12.9. The van der Waals surface area contributed by atoms with Crippen LogP contribution in [0.15, 0.2) is 39.0 Å². The van der Waals surface area contributed by atoms with Gasteiger partial charge in [-0.2, -0.15) is 4.68 Å². The number of hydrogen-bond donors (Lipinski definition) is 0. The van der Waals surface area contributed by atoms with E-state index < -0.39 is 0 Å². The molecule has 0 saturated heterocycles. The van der Waals surface area contributed by atoms with Gasteiger partial charge in [0.05, 0.1) is 16.6 Å². The summed E-state index contributed by atoms with van der Waals surface area (Å²) in [6.45, 7) is 6.37. The fraction of sp³-hybridized carbons (Fsp3) is 0.278. The number of benzene rings is 1. The Morgan fingerprint density at radius 2 is 1.93 bits per heavy atom. The molecule has 0 amide bonds. The van der Waals surface area contributed by atoms with Crippen LogP contribution >= 0.6 is 23.1 Å². The number of thiophene rings is 1. The molecule has 4 rings (SSSR count). The lowest BCUT2D eigenvalue weighted by molar-refractivity contribution is 0.620. The van der Waals surface area contributed by atoms with Crippen LogP contribution in [0.4, 0.5) is 0 Å². The van der Waals surface area contributed by atoms with Crippen molar-refractivity contribution in [2.75, 3.05) is 0 Å². The van der Waals surface area contributed by atoms with Crippen molar-refractivity contribution in [3.8, 4) is 0 Å². The minimum Gasteiger partial charge on any atom is -0.287 e. The first-order chi connectivity index (χ1) is 13.0. The van der Waals surface area contributed by atoms with Gasteiger partial charge in [-0.15, -0.1) is 16.4 Å². The number of hydrogen-bond acceptors (Lipinski definition) is 7. The second-order valence-electron chi connectivity index (χ2n) is 6.09. The number of nitrogens with zero attached hydrogens (tertiary/aromatic N) is 5. The van der Waals surface area contributed by atoms with Gasteiger partial charge in [-0.05, 0) is 38.5 Å². The largest absolute Gasteiger partial charge is 0.287 e. The van der Waals surface area contributed by atoms with Crippen LogP contribution in [-0.2, 0) is 12.4 Å². The lowest BCUT2D eigenvalue weighted by Crippen LogP contribution is -2.25. The molecule has 0 radical (unpaired) electrons. The quantitative estimate of drug-likeness (QED) is 0.388. The van der Waals surface area contributed by atoms with E-state index in [-0.39, 0.29) is 17.0 Å². The number of thioether (sulfide) groups is 1. The molecule has 0 atom stereocenters. The van der Waals surface area contributed by atoms with Crippen molar-refractivity contribution in [3.63, 3.8) is 0 Å². The number of aryl methyl sites for hydroxylation is 2. The van der Waals surface area contributed by atoms with E-state index in [4.69, 9.17) is 0 Å². The van der Waals surface area contributed by atoms with Crippen LogP contribution in [0.2, 0.25) is 0 Å². The molecule has 3 heterocycles. The van der Waals surface area contributed by atoms with Gasteiger partial charge in [-0.1, -0.05) is 29.1 Å². The van der Waals surface area contributed by atoms with E-state index in [2.05, 4.69) is 15.3 Å². The molecule has 4 aromatic rings. The molecule has 0 aliphatic rings. The van der Waals surface area contributed by atoms with Crippen molar-refractivity contribution in [2.24, 2.45) is 0 Å².